The number of carbonyl (C=O) groups excluding carboxylic acids is 1. The molecule has 0 spiro atoms. The first-order chi connectivity index (χ1) is 13.2. The molecule has 0 saturated carbocycles. The second-order valence-corrected chi connectivity index (χ2v) is 7.62. The van der Waals surface area contributed by atoms with Gasteiger partial charge in [-0.2, -0.15) is 5.26 Å². The molecule has 0 fully saturated rings. The lowest BCUT2D eigenvalue weighted by Gasteiger charge is -2.19. The zero-order valence-electron chi connectivity index (χ0n) is 16.2. The minimum Gasteiger partial charge on any atom is -0.490 e. The molecular weight excluding hydrogens is 376 g/mol. The molecule has 1 amide bonds. The van der Waals surface area contributed by atoms with Crippen LogP contribution in [0.25, 0.3) is 6.08 Å². The molecule has 0 aliphatic rings. The monoisotopic (exact) mass is 398 g/mol. The summed E-state index contributed by atoms with van der Waals surface area (Å²) in [6.45, 7) is 7.09. The van der Waals surface area contributed by atoms with Crippen molar-refractivity contribution in [3.05, 3.63) is 64.2 Å². The molecule has 0 radical (unpaired) electrons. The normalized spacial score (nSPS) is 11.6. The minimum absolute atomic E-state index is 0.0906. The Bertz CT molecular complexity index is 907. The van der Waals surface area contributed by atoms with Crippen molar-refractivity contribution in [1.82, 2.24) is 0 Å². The van der Waals surface area contributed by atoms with Crippen LogP contribution in [0.2, 0.25) is 5.02 Å². The first-order valence-electron chi connectivity index (χ1n) is 8.78. The molecule has 0 unspecified atom stereocenters. The molecule has 2 rings (SSSR count). The average molecular weight is 399 g/mol. The van der Waals surface area contributed by atoms with Gasteiger partial charge in [0, 0.05) is 10.6 Å². The van der Waals surface area contributed by atoms with Crippen LogP contribution in [0.3, 0.4) is 0 Å². The maximum atomic E-state index is 11.3. The maximum absolute atomic E-state index is 11.3. The summed E-state index contributed by atoms with van der Waals surface area (Å²) in [6.07, 6.45) is 1.36. The van der Waals surface area contributed by atoms with E-state index in [1.165, 1.54) is 11.6 Å². The number of nitrogens with zero attached hydrogens (tertiary/aromatic N) is 1. The number of ether oxygens (including phenoxy) is 2. The van der Waals surface area contributed by atoms with Gasteiger partial charge in [-0.25, -0.2) is 0 Å². The highest BCUT2D eigenvalue weighted by molar-refractivity contribution is 6.30. The van der Waals surface area contributed by atoms with Crippen molar-refractivity contribution in [2.45, 2.75) is 26.2 Å². The molecule has 0 aromatic heterocycles. The van der Waals surface area contributed by atoms with Crippen molar-refractivity contribution in [1.29, 1.82) is 5.26 Å². The fourth-order valence-corrected chi connectivity index (χ4v) is 2.62. The lowest BCUT2D eigenvalue weighted by Crippen LogP contribution is -2.13. The van der Waals surface area contributed by atoms with Crippen LogP contribution in [0.1, 0.15) is 31.9 Å². The first-order valence-corrected chi connectivity index (χ1v) is 9.16. The molecule has 146 valence electrons. The number of carbonyl (C=O) groups is 1. The molecular formula is C22H23ClN2O3. The highest BCUT2D eigenvalue weighted by Crippen LogP contribution is 2.26. The Morgan fingerprint density at radius 1 is 1.14 bits per heavy atom. The Kier molecular flexibility index (Phi) is 7.08. The van der Waals surface area contributed by atoms with Crippen molar-refractivity contribution >= 4 is 23.6 Å². The first kappa shape index (κ1) is 21.3. The summed E-state index contributed by atoms with van der Waals surface area (Å²) in [7, 11) is 0. The van der Waals surface area contributed by atoms with E-state index in [1.807, 2.05) is 24.3 Å². The van der Waals surface area contributed by atoms with Crippen molar-refractivity contribution in [2.24, 2.45) is 5.73 Å². The number of nitrogens with two attached hydrogens (primary N) is 1. The van der Waals surface area contributed by atoms with E-state index in [1.54, 1.807) is 24.3 Å². The van der Waals surface area contributed by atoms with Gasteiger partial charge in [-0.3, -0.25) is 4.79 Å². The van der Waals surface area contributed by atoms with Gasteiger partial charge in [0.25, 0.3) is 5.91 Å². The summed E-state index contributed by atoms with van der Waals surface area (Å²) in [6, 6.07) is 14.7. The molecule has 2 aromatic carbocycles. The molecule has 2 aromatic rings. The zero-order valence-corrected chi connectivity index (χ0v) is 16.9. The van der Waals surface area contributed by atoms with Gasteiger partial charge in [0.2, 0.25) is 0 Å². The van der Waals surface area contributed by atoms with Crippen LogP contribution in [-0.2, 0) is 10.2 Å². The van der Waals surface area contributed by atoms with Crippen molar-refractivity contribution in [2.75, 3.05) is 13.2 Å². The van der Waals surface area contributed by atoms with Gasteiger partial charge in [-0.1, -0.05) is 44.5 Å². The Hall–Kier alpha value is -2.97. The zero-order chi connectivity index (χ0) is 20.7. The summed E-state index contributed by atoms with van der Waals surface area (Å²) in [5.41, 5.74) is 6.83. The quantitative estimate of drug-likeness (QED) is 0.423. The summed E-state index contributed by atoms with van der Waals surface area (Å²) in [5, 5.41) is 9.47. The fraction of sp³-hybridized carbons (Fsp3) is 0.273. The molecule has 0 heterocycles. The fourth-order valence-electron chi connectivity index (χ4n) is 2.44. The number of hydrogen-bond donors (Lipinski definition) is 1. The number of nitriles is 1. The third-order valence-electron chi connectivity index (χ3n) is 3.99. The number of primary amides is 1. The van der Waals surface area contributed by atoms with Crippen LogP contribution in [0.4, 0.5) is 0 Å². The number of amides is 1. The smallest absolute Gasteiger partial charge is 0.259 e. The lowest BCUT2D eigenvalue weighted by molar-refractivity contribution is -0.114. The van der Waals surface area contributed by atoms with E-state index in [2.05, 4.69) is 20.8 Å². The van der Waals surface area contributed by atoms with E-state index >= 15 is 0 Å². The highest BCUT2D eigenvalue weighted by Gasteiger charge is 2.13. The molecule has 6 heteroatoms. The highest BCUT2D eigenvalue weighted by atomic mass is 35.5. The van der Waals surface area contributed by atoms with E-state index in [0.29, 0.717) is 22.9 Å². The molecule has 5 nitrogen and oxygen atoms in total. The van der Waals surface area contributed by atoms with Gasteiger partial charge >= 0.3 is 0 Å². The maximum Gasteiger partial charge on any atom is 0.259 e. The lowest BCUT2D eigenvalue weighted by atomic mass is 9.87. The third-order valence-corrected chi connectivity index (χ3v) is 4.22. The molecule has 28 heavy (non-hydrogen) atoms. The summed E-state index contributed by atoms with van der Waals surface area (Å²) in [4.78, 5) is 11.3. The van der Waals surface area contributed by atoms with Crippen LogP contribution in [0.15, 0.2) is 48.0 Å². The SMILES string of the molecule is CC(C)(C)c1ccc(OCCOc2ccc(Cl)cc2C=C(C#N)C(N)=O)cc1. The number of halogens is 1. The Morgan fingerprint density at radius 2 is 1.79 bits per heavy atom. The largest absolute Gasteiger partial charge is 0.490 e. The summed E-state index contributed by atoms with van der Waals surface area (Å²) in [5.74, 6) is 0.425. The number of rotatable bonds is 7. The van der Waals surface area contributed by atoms with Crippen molar-refractivity contribution in [3.8, 4) is 17.6 Å². The Morgan fingerprint density at radius 3 is 2.36 bits per heavy atom. The summed E-state index contributed by atoms with van der Waals surface area (Å²) < 4.78 is 11.4. The van der Waals surface area contributed by atoms with Gasteiger partial charge in [-0.05, 0) is 47.4 Å². The molecule has 0 bridgehead atoms. The van der Waals surface area contributed by atoms with E-state index < -0.39 is 5.91 Å². The van der Waals surface area contributed by atoms with E-state index in [4.69, 9.17) is 32.1 Å². The second-order valence-electron chi connectivity index (χ2n) is 7.19. The van der Waals surface area contributed by atoms with Crippen LogP contribution in [0.5, 0.6) is 11.5 Å². The van der Waals surface area contributed by atoms with Gasteiger partial charge < -0.3 is 15.2 Å². The van der Waals surface area contributed by atoms with Crippen LogP contribution in [-0.4, -0.2) is 19.1 Å². The molecule has 2 N–H and O–H groups in total. The third kappa shape index (κ3) is 6.04. The Labute approximate surface area is 170 Å². The predicted molar refractivity (Wildman–Crippen MR) is 110 cm³/mol. The standard InChI is InChI=1S/C22H23ClN2O3/c1-22(2,3)17-4-7-19(8-5-17)27-10-11-28-20-9-6-18(23)13-15(20)12-16(14-24)21(25)26/h4-9,12-13H,10-11H2,1-3H3,(H2,25,26). The molecule has 0 aliphatic carbocycles. The van der Waals surface area contributed by atoms with E-state index in [0.717, 1.165) is 5.75 Å². The predicted octanol–water partition coefficient (Wildman–Crippen LogP) is 4.49. The van der Waals surface area contributed by atoms with E-state index in [9.17, 15) is 4.79 Å². The second kappa shape index (κ2) is 9.29. The molecule has 0 atom stereocenters. The minimum atomic E-state index is -0.810. The summed E-state index contributed by atoms with van der Waals surface area (Å²) >= 11 is 6.00. The van der Waals surface area contributed by atoms with Gasteiger partial charge in [0.05, 0.1) is 0 Å². The van der Waals surface area contributed by atoms with Gasteiger partial charge in [0.15, 0.2) is 0 Å². The van der Waals surface area contributed by atoms with Crippen molar-refractivity contribution < 1.29 is 14.3 Å². The van der Waals surface area contributed by atoms with Crippen LogP contribution >= 0.6 is 11.6 Å². The Balaban J connectivity index is 2.00. The van der Waals surface area contributed by atoms with Crippen LogP contribution in [0, 0.1) is 11.3 Å². The number of hydrogen-bond acceptors (Lipinski definition) is 4. The van der Waals surface area contributed by atoms with Gasteiger partial charge in [-0.15, -0.1) is 0 Å². The van der Waals surface area contributed by atoms with Gasteiger partial charge in [0.1, 0.15) is 36.4 Å². The van der Waals surface area contributed by atoms with Crippen molar-refractivity contribution in [3.63, 3.8) is 0 Å². The van der Waals surface area contributed by atoms with Crippen LogP contribution < -0.4 is 15.2 Å². The molecule has 0 aliphatic heterocycles. The average Bonchev–Trinajstić information content (AvgIpc) is 2.64. The topological polar surface area (TPSA) is 85.3 Å². The van der Waals surface area contributed by atoms with E-state index in [-0.39, 0.29) is 17.6 Å². The number of benzene rings is 2. The molecule has 0 saturated heterocycles.